The van der Waals surface area contributed by atoms with Crippen molar-refractivity contribution in [3.8, 4) is 11.4 Å². The van der Waals surface area contributed by atoms with Crippen LogP contribution in [0.2, 0.25) is 0 Å². The van der Waals surface area contributed by atoms with Gasteiger partial charge in [-0.25, -0.2) is 0 Å². The molecule has 0 amide bonds. The van der Waals surface area contributed by atoms with Crippen molar-refractivity contribution in [3.05, 3.63) is 35.7 Å². The maximum Gasteiger partial charge on any atom is 0.416 e. The van der Waals surface area contributed by atoms with Crippen LogP contribution in [-0.4, -0.2) is 26.6 Å². The van der Waals surface area contributed by atoms with Crippen LogP contribution in [-0.2, 0) is 6.18 Å². The Morgan fingerprint density at radius 1 is 1.20 bits per heavy atom. The number of benzene rings is 1. The highest BCUT2D eigenvalue weighted by atomic mass is 32.2. The van der Waals surface area contributed by atoms with Crippen molar-refractivity contribution in [3.63, 3.8) is 0 Å². The van der Waals surface area contributed by atoms with Crippen LogP contribution in [0, 0.1) is 0 Å². The summed E-state index contributed by atoms with van der Waals surface area (Å²) in [4.78, 5) is 4.21. The summed E-state index contributed by atoms with van der Waals surface area (Å²) in [5.41, 5.74) is -0.500. The molecule has 3 rings (SSSR count). The summed E-state index contributed by atoms with van der Waals surface area (Å²) < 4.78 is 45.2. The maximum atomic E-state index is 12.8. The molecule has 0 aliphatic rings. The lowest BCUT2D eigenvalue weighted by atomic mass is 10.1. The van der Waals surface area contributed by atoms with E-state index >= 15 is 0 Å². The first-order chi connectivity index (χ1) is 11.9. The Morgan fingerprint density at radius 3 is 2.64 bits per heavy atom. The first-order valence-corrected chi connectivity index (χ1v) is 9.84. The molecule has 0 fully saturated rings. The minimum Gasteiger partial charge on any atom is -0.338 e. The van der Waals surface area contributed by atoms with Crippen molar-refractivity contribution in [1.29, 1.82) is 0 Å². The fraction of sp³-hybridized carbons (Fsp3) is 0.286. The molecule has 3 aromatic rings. The van der Waals surface area contributed by atoms with Crippen molar-refractivity contribution in [1.82, 2.24) is 20.3 Å². The standard InChI is InChI=1S/C14H11F3N4OS3/c1-7(24-13-20-19-12(23-2)25-13)11-18-10(21-22-11)8-4-3-5-9(6-8)14(15,16)17/h3-7H,1-2H3/t7-/m0/s1. The Hall–Kier alpha value is -1.59. The van der Waals surface area contributed by atoms with Crippen molar-refractivity contribution in [2.75, 3.05) is 6.26 Å². The highest BCUT2D eigenvalue weighted by Crippen LogP contribution is 2.38. The molecular formula is C14H11F3N4OS3. The normalized spacial score (nSPS) is 13.2. The Balaban J connectivity index is 1.78. The van der Waals surface area contributed by atoms with E-state index in [0.29, 0.717) is 5.89 Å². The molecule has 0 saturated carbocycles. The minimum absolute atomic E-state index is 0.121. The number of hydrogen-bond donors (Lipinski definition) is 0. The van der Waals surface area contributed by atoms with E-state index in [4.69, 9.17) is 4.52 Å². The number of rotatable bonds is 5. The summed E-state index contributed by atoms with van der Waals surface area (Å²) in [6.45, 7) is 1.86. The molecule has 0 spiro atoms. The number of nitrogens with zero attached hydrogens (tertiary/aromatic N) is 4. The second-order valence-corrected chi connectivity index (χ2v) is 8.45. The molecule has 0 radical (unpaired) electrons. The quantitative estimate of drug-likeness (QED) is 0.543. The van der Waals surface area contributed by atoms with Crippen molar-refractivity contribution in [2.24, 2.45) is 0 Å². The van der Waals surface area contributed by atoms with E-state index < -0.39 is 11.7 Å². The zero-order chi connectivity index (χ0) is 18.0. The van der Waals surface area contributed by atoms with Gasteiger partial charge in [0.05, 0.1) is 10.8 Å². The Bertz CT molecular complexity index is 865. The fourth-order valence-corrected chi connectivity index (χ4v) is 4.49. The third kappa shape index (κ3) is 4.33. The Labute approximate surface area is 153 Å². The maximum absolute atomic E-state index is 12.8. The van der Waals surface area contributed by atoms with Crippen LogP contribution in [0.1, 0.15) is 23.6 Å². The van der Waals surface area contributed by atoms with Crippen LogP contribution in [0.15, 0.2) is 37.5 Å². The number of aromatic nitrogens is 4. The predicted octanol–water partition coefficient (Wildman–Crippen LogP) is 5.18. The van der Waals surface area contributed by atoms with E-state index in [2.05, 4.69) is 20.3 Å². The highest BCUT2D eigenvalue weighted by Gasteiger charge is 2.31. The summed E-state index contributed by atoms with van der Waals surface area (Å²) in [6.07, 6.45) is -2.50. The summed E-state index contributed by atoms with van der Waals surface area (Å²) in [5.74, 6) is 0.439. The largest absolute Gasteiger partial charge is 0.416 e. The van der Waals surface area contributed by atoms with Gasteiger partial charge >= 0.3 is 6.18 Å². The van der Waals surface area contributed by atoms with Gasteiger partial charge in [0.25, 0.3) is 0 Å². The molecule has 1 atom stereocenters. The fourth-order valence-electron chi connectivity index (χ4n) is 1.88. The topological polar surface area (TPSA) is 64.7 Å². The number of thioether (sulfide) groups is 2. The van der Waals surface area contributed by atoms with Crippen LogP contribution in [0.25, 0.3) is 11.4 Å². The number of alkyl halides is 3. The molecule has 132 valence electrons. The zero-order valence-electron chi connectivity index (χ0n) is 12.9. The van der Waals surface area contributed by atoms with Crippen LogP contribution >= 0.6 is 34.9 Å². The van der Waals surface area contributed by atoms with Crippen LogP contribution in [0.4, 0.5) is 13.2 Å². The zero-order valence-corrected chi connectivity index (χ0v) is 15.4. The van der Waals surface area contributed by atoms with Crippen molar-refractivity contribution < 1.29 is 17.7 Å². The van der Waals surface area contributed by atoms with E-state index in [9.17, 15) is 13.2 Å². The Kier molecular flexibility index (Phi) is 5.35. The van der Waals surface area contributed by atoms with E-state index in [1.165, 1.54) is 47.0 Å². The molecule has 0 saturated heterocycles. The van der Waals surface area contributed by atoms with Gasteiger partial charge in [-0.15, -0.1) is 10.2 Å². The summed E-state index contributed by atoms with van der Waals surface area (Å²) in [5, 5.41) is 11.6. The molecule has 5 nitrogen and oxygen atoms in total. The van der Waals surface area contributed by atoms with Gasteiger partial charge < -0.3 is 4.52 Å². The second-order valence-electron chi connectivity index (χ2n) is 4.83. The van der Waals surface area contributed by atoms with E-state index in [-0.39, 0.29) is 16.6 Å². The van der Waals surface area contributed by atoms with Crippen molar-refractivity contribution >= 4 is 34.9 Å². The second kappa shape index (κ2) is 7.34. The van der Waals surface area contributed by atoms with Gasteiger partial charge in [0.15, 0.2) is 8.68 Å². The Morgan fingerprint density at radius 2 is 1.96 bits per heavy atom. The lowest BCUT2D eigenvalue weighted by molar-refractivity contribution is -0.137. The van der Waals surface area contributed by atoms with Gasteiger partial charge in [-0.3, -0.25) is 0 Å². The first kappa shape index (κ1) is 18.2. The highest BCUT2D eigenvalue weighted by molar-refractivity contribution is 8.03. The third-order valence-electron chi connectivity index (χ3n) is 3.08. The number of halogens is 3. The molecular weight excluding hydrogens is 393 g/mol. The van der Waals surface area contributed by atoms with E-state index in [1.807, 2.05) is 13.2 Å². The van der Waals surface area contributed by atoms with E-state index in [1.54, 1.807) is 0 Å². The third-order valence-corrected chi connectivity index (χ3v) is 6.15. The molecule has 1 aromatic carbocycles. The summed E-state index contributed by atoms with van der Waals surface area (Å²) >= 11 is 4.36. The number of hydrogen-bond acceptors (Lipinski definition) is 8. The molecule has 0 N–H and O–H groups in total. The van der Waals surface area contributed by atoms with Gasteiger partial charge in [-0.05, 0) is 25.3 Å². The lowest BCUT2D eigenvalue weighted by Gasteiger charge is -2.06. The van der Waals surface area contributed by atoms with Gasteiger partial charge in [-0.1, -0.05) is 52.1 Å². The van der Waals surface area contributed by atoms with Gasteiger partial charge in [0.2, 0.25) is 11.7 Å². The molecule has 2 heterocycles. The smallest absolute Gasteiger partial charge is 0.338 e. The molecule has 0 unspecified atom stereocenters. The first-order valence-electron chi connectivity index (χ1n) is 6.92. The SMILES string of the molecule is CSc1nnc(S[C@@H](C)c2nc(-c3cccc(C(F)(F)F)c3)no2)s1. The van der Waals surface area contributed by atoms with Crippen LogP contribution < -0.4 is 0 Å². The van der Waals surface area contributed by atoms with Crippen LogP contribution in [0.5, 0.6) is 0 Å². The average molecular weight is 404 g/mol. The van der Waals surface area contributed by atoms with Gasteiger partial charge in [0, 0.05) is 5.56 Å². The molecule has 2 aromatic heterocycles. The predicted molar refractivity (Wildman–Crippen MR) is 90.7 cm³/mol. The lowest BCUT2D eigenvalue weighted by Crippen LogP contribution is -2.04. The molecule has 11 heteroatoms. The van der Waals surface area contributed by atoms with Gasteiger partial charge in [-0.2, -0.15) is 18.2 Å². The molecule has 0 bridgehead atoms. The molecule has 0 aliphatic carbocycles. The van der Waals surface area contributed by atoms with Crippen molar-refractivity contribution in [2.45, 2.75) is 27.0 Å². The minimum atomic E-state index is -4.42. The molecule has 25 heavy (non-hydrogen) atoms. The molecule has 0 aliphatic heterocycles. The van der Waals surface area contributed by atoms with Crippen LogP contribution in [0.3, 0.4) is 0 Å². The van der Waals surface area contributed by atoms with Gasteiger partial charge in [0.1, 0.15) is 0 Å². The average Bonchev–Trinajstić information content (AvgIpc) is 3.23. The monoisotopic (exact) mass is 404 g/mol. The van der Waals surface area contributed by atoms with E-state index in [0.717, 1.165) is 20.8 Å². The summed E-state index contributed by atoms with van der Waals surface area (Å²) in [7, 11) is 0. The summed E-state index contributed by atoms with van der Waals surface area (Å²) in [6, 6.07) is 4.83.